The number of alkyl halides is 1. The molecule has 88 valence electrons. The Morgan fingerprint density at radius 2 is 1.82 bits per heavy atom. The molecule has 0 aromatic heterocycles. The highest BCUT2D eigenvalue weighted by Gasteiger charge is 2.83. The fraction of sp³-hybridized carbons (Fsp3) is 0.500. The van der Waals surface area contributed by atoms with Crippen molar-refractivity contribution in [3.05, 3.63) is 35.9 Å². The summed E-state index contributed by atoms with van der Waals surface area (Å²) in [5.74, 6) is 0.147. The van der Waals surface area contributed by atoms with Crippen molar-refractivity contribution >= 4 is 17.6 Å². The number of carbonyl (C=O) groups excluding carboxylic acids is 1. The van der Waals surface area contributed by atoms with Gasteiger partial charge in [-0.25, -0.2) is 0 Å². The number of rotatable bonds is 1. The molecule has 2 aliphatic carbocycles. The van der Waals surface area contributed by atoms with Gasteiger partial charge in [0.25, 0.3) is 0 Å². The average Bonchev–Trinajstić information content (AvgIpc) is 2.77. The van der Waals surface area contributed by atoms with Gasteiger partial charge in [-0.1, -0.05) is 36.8 Å². The summed E-state index contributed by atoms with van der Waals surface area (Å²) in [4.78, 5) is 11.3. The molecule has 0 N–H and O–H groups in total. The van der Waals surface area contributed by atoms with Crippen LogP contribution in [-0.2, 0) is 15.1 Å². The second-order valence-electron chi connectivity index (χ2n) is 5.35. The van der Waals surface area contributed by atoms with Gasteiger partial charge in [0, 0.05) is 11.8 Å². The maximum absolute atomic E-state index is 12.0. The van der Waals surface area contributed by atoms with Crippen LogP contribution in [0.25, 0.3) is 0 Å². The zero-order valence-corrected chi connectivity index (χ0v) is 10.1. The summed E-state index contributed by atoms with van der Waals surface area (Å²) < 4.78 is 5.71. The molecule has 3 heteroatoms. The summed E-state index contributed by atoms with van der Waals surface area (Å²) in [5.41, 5.74) is 0.718. The topological polar surface area (TPSA) is 26.3 Å². The number of hydrogen-bond acceptors (Lipinski definition) is 2. The number of halogens is 1. The molecule has 2 nitrogen and oxygen atoms in total. The molecular formula is C14H13ClO2. The quantitative estimate of drug-likeness (QED) is 0.564. The maximum Gasteiger partial charge on any atom is 0.329 e. The van der Waals surface area contributed by atoms with Gasteiger partial charge >= 0.3 is 5.97 Å². The van der Waals surface area contributed by atoms with Crippen molar-refractivity contribution in [1.29, 1.82) is 0 Å². The molecule has 2 saturated carbocycles. The SMILES string of the molecule is O=C1OC2(c3ccccc3)C3CCCC2C13Cl. The summed E-state index contributed by atoms with van der Waals surface area (Å²) in [6.45, 7) is 0. The van der Waals surface area contributed by atoms with E-state index >= 15 is 0 Å². The third-order valence-electron chi connectivity index (χ3n) is 4.83. The predicted octanol–water partition coefficient (Wildman–Crippen LogP) is 2.85. The van der Waals surface area contributed by atoms with Crippen LogP contribution < -0.4 is 0 Å². The zero-order valence-electron chi connectivity index (χ0n) is 9.36. The summed E-state index contributed by atoms with van der Waals surface area (Å²) in [6, 6.07) is 10.1. The molecule has 17 heavy (non-hydrogen) atoms. The van der Waals surface area contributed by atoms with Crippen LogP contribution in [0.2, 0.25) is 0 Å². The second-order valence-corrected chi connectivity index (χ2v) is 5.98. The molecule has 0 radical (unpaired) electrons. The minimum Gasteiger partial charge on any atom is -0.452 e. The lowest BCUT2D eigenvalue weighted by Crippen LogP contribution is -2.66. The van der Waals surface area contributed by atoms with Gasteiger partial charge in [0.15, 0.2) is 4.87 Å². The summed E-state index contributed by atoms with van der Waals surface area (Å²) >= 11 is 6.52. The van der Waals surface area contributed by atoms with Crippen LogP contribution in [0, 0.1) is 11.8 Å². The predicted molar refractivity (Wildman–Crippen MR) is 63.6 cm³/mol. The van der Waals surface area contributed by atoms with Crippen LogP contribution >= 0.6 is 11.6 Å². The van der Waals surface area contributed by atoms with Crippen molar-refractivity contribution in [3.63, 3.8) is 0 Å². The van der Waals surface area contributed by atoms with E-state index in [1.54, 1.807) is 0 Å². The first-order valence-electron chi connectivity index (χ1n) is 6.18. The Bertz CT molecular complexity index is 484. The molecule has 4 bridgehead atoms. The number of ether oxygens (including phenoxy) is 1. The van der Waals surface area contributed by atoms with E-state index in [2.05, 4.69) is 12.1 Å². The van der Waals surface area contributed by atoms with Crippen molar-refractivity contribution in [2.45, 2.75) is 29.7 Å². The van der Waals surface area contributed by atoms with Crippen LogP contribution in [0.5, 0.6) is 0 Å². The Labute approximate surface area is 105 Å². The van der Waals surface area contributed by atoms with Crippen LogP contribution in [0.3, 0.4) is 0 Å². The van der Waals surface area contributed by atoms with Crippen molar-refractivity contribution in [2.24, 2.45) is 11.8 Å². The molecule has 1 aromatic carbocycles. The molecule has 4 aliphatic rings. The zero-order chi connectivity index (χ0) is 11.7. The first-order chi connectivity index (χ1) is 8.20. The Balaban J connectivity index is 1.89. The lowest BCUT2D eigenvalue weighted by molar-refractivity contribution is -0.154. The summed E-state index contributed by atoms with van der Waals surface area (Å²) in [6.07, 6.45) is 3.16. The maximum atomic E-state index is 12.0. The van der Waals surface area contributed by atoms with Gasteiger partial charge in [0.2, 0.25) is 0 Å². The first-order valence-corrected chi connectivity index (χ1v) is 6.56. The number of carbonyl (C=O) groups is 1. The minimum absolute atomic E-state index is 0.172. The monoisotopic (exact) mass is 248 g/mol. The van der Waals surface area contributed by atoms with Crippen molar-refractivity contribution in [2.75, 3.05) is 0 Å². The molecule has 0 spiro atoms. The molecule has 2 aliphatic heterocycles. The van der Waals surface area contributed by atoms with E-state index in [9.17, 15) is 4.79 Å². The summed E-state index contributed by atoms with van der Waals surface area (Å²) in [5, 5.41) is 0. The van der Waals surface area contributed by atoms with Crippen LogP contribution in [0.1, 0.15) is 24.8 Å². The van der Waals surface area contributed by atoms with Gasteiger partial charge in [-0.15, -0.1) is 11.6 Å². The van der Waals surface area contributed by atoms with Crippen molar-refractivity contribution in [1.82, 2.24) is 0 Å². The lowest BCUT2D eigenvalue weighted by atomic mass is 9.47. The minimum atomic E-state index is -0.714. The van der Waals surface area contributed by atoms with E-state index in [1.165, 1.54) is 0 Å². The van der Waals surface area contributed by atoms with E-state index in [0.717, 1.165) is 24.8 Å². The Morgan fingerprint density at radius 1 is 1.18 bits per heavy atom. The van der Waals surface area contributed by atoms with E-state index in [0.29, 0.717) is 0 Å². The van der Waals surface area contributed by atoms with Crippen LogP contribution in [0.4, 0.5) is 0 Å². The van der Waals surface area contributed by atoms with Gasteiger partial charge in [-0.3, -0.25) is 4.79 Å². The van der Waals surface area contributed by atoms with Gasteiger partial charge in [0.05, 0.1) is 0 Å². The van der Waals surface area contributed by atoms with E-state index < -0.39 is 10.5 Å². The molecule has 5 rings (SSSR count). The van der Waals surface area contributed by atoms with E-state index in [-0.39, 0.29) is 17.8 Å². The standard InChI is InChI=1S/C14H13ClO2/c15-13-10-7-4-8-11(13)14(10,17-12(13)16)9-5-2-1-3-6-9/h1-3,5-6,10-11H,4,7-8H2. The molecular weight excluding hydrogens is 236 g/mol. The van der Waals surface area contributed by atoms with E-state index in [1.807, 2.05) is 18.2 Å². The highest BCUT2D eigenvalue weighted by Crippen LogP contribution is 2.74. The van der Waals surface area contributed by atoms with Crippen LogP contribution in [-0.4, -0.2) is 10.8 Å². The molecule has 2 unspecified atom stereocenters. The second kappa shape index (κ2) is 2.86. The summed E-state index contributed by atoms with van der Waals surface area (Å²) in [7, 11) is 0. The molecule has 2 saturated heterocycles. The van der Waals surface area contributed by atoms with Gasteiger partial charge in [-0.05, 0) is 18.4 Å². The smallest absolute Gasteiger partial charge is 0.329 e. The number of hydrogen-bond donors (Lipinski definition) is 0. The molecule has 2 atom stereocenters. The van der Waals surface area contributed by atoms with Crippen molar-refractivity contribution in [3.8, 4) is 0 Å². The highest BCUT2D eigenvalue weighted by molar-refractivity contribution is 6.37. The first kappa shape index (κ1) is 9.95. The molecule has 0 amide bonds. The number of esters is 1. The number of fused-ring (bicyclic) bond motifs is 1. The fourth-order valence-corrected chi connectivity index (χ4v) is 4.79. The normalized spacial score (nSPS) is 46.3. The van der Waals surface area contributed by atoms with Gasteiger partial charge in [0.1, 0.15) is 5.60 Å². The third kappa shape index (κ3) is 0.866. The van der Waals surface area contributed by atoms with E-state index in [4.69, 9.17) is 16.3 Å². The molecule has 1 aromatic rings. The largest absolute Gasteiger partial charge is 0.452 e. The fourth-order valence-electron chi connectivity index (χ4n) is 4.21. The lowest BCUT2D eigenvalue weighted by Gasteiger charge is -2.58. The average molecular weight is 249 g/mol. The highest BCUT2D eigenvalue weighted by atomic mass is 35.5. The van der Waals surface area contributed by atoms with Crippen LogP contribution in [0.15, 0.2) is 30.3 Å². The number of benzene rings is 1. The van der Waals surface area contributed by atoms with Crippen molar-refractivity contribution < 1.29 is 9.53 Å². The molecule has 2 heterocycles. The third-order valence-corrected chi connectivity index (χ3v) is 5.52. The molecule has 4 fully saturated rings. The Kier molecular flexibility index (Phi) is 1.68. The van der Waals surface area contributed by atoms with Gasteiger partial charge in [-0.2, -0.15) is 0 Å². The Morgan fingerprint density at radius 3 is 2.47 bits per heavy atom. The van der Waals surface area contributed by atoms with Gasteiger partial charge < -0.3 is 4.74 Å². The Hall–Kier alpha value is -1.02.